The number of aromatic carboxylic acids is 1. The van der Waals surface area contributed by atoms with Gasteiger partial charge in [-0.2, -0.15) is 0 Å². The van der Waals surface area contributed by atoms with Crippen molar-refractivity contribution in [3.8, 4) is 0 Å². The van der Waals surface area contributed by atoms with Gasteiger partial charge in [0.05, 0.1) is 6.04 Å². The standard InChI is InChI=1S/C26H42N4O6S/c1-8-16(4)22(28-23(32)19-11-9-10-12-29(19)6)25(33)30(7)20(15(2)3)13-21(36-17(5)31)24-27-18(14-37-24)26(34)35/h14-16,19-22H,8-13H2,1-7H3,(H,28,32)(H,34,35)/t16-,19?,20+,21+,22-/m0/s1. The molecule has 1 unspecified atom stereocenters. The molecule has 1 aromatic heterocycles. The summed E-state index contributed by atoms with van der Waals surface area (Å²) in [6.07, 6.45) is 2.97. The summed E-state index contributed by atoms with van der Waals surface area (Å²) in [5.74, 6) is -2.10. The molecule has 5 atom stereocenters. The van der Waals surface area contributed by atoms with Gasteiger partial charge in [0.1, 0.15) is 11.0 Å². The Kier molecular flexibility index (Phi) is 11.5. The fourth-order valence-electron chi connectivity index (χ4n) is 4.75. The molecular weight excluding hydrogens is 496 g/mol. The maximum absolute atomic E-state index is 13.8. The van der Waals surface area contributed by atoms with Crippen LogP contribution < -0.4 is 5.32 Å². The number of carbonyl (C=O) groups is 4. The summed E-state index contributed by atoms with van der Waals surface area (Å²) in [6.45, 7) is 10.0. The predicted molar refractivity (Wildman–Crippen MR) is 141 cm³/mol. The third-order valence-corrected chi connectivity index (χ3v) is 8.18. The molecule has 2 amide bonds. The highest BCUT2D eigenvalue weighted by Crippen LogP contribution is 2.31. The molecule has 1 fully saturated rings. The number of esters is 1. The van der Waals surface area contributed by atoms with E-state index in [-0.39, 0.29) is 47.8 Å². The van der Waals surface area contributed by atoms with Gasteiger partial charge in [0, 0.05) is 31.8 Å². The number of hydrogen-bond acceptors (Lipinski definition) is 8. The van der Waals surface area contributed by atoms with Gasteiger partial charge in [0.15, 0.2) is 11.8 Å². The average Bonchev–Trinajstić information content (AvgIpc) is 3.34. The Balaban J connectivity index is 2.27. The Morgan fingerprint density at radius 3 is 2.46 bits per heavy atom. The van der Waals surface area contributed by atoms with E-state index < -0.39 is 24.1 Å². The first kappa shape index (κ1) is 30.7. The summed E-state index contributed by atoms with van der Waals surface area (Å²) in [5, 5.41) is 14.1. The quantitative estimate of drug-likeness (QED) is 0.388. The van der Waals surface area contributed by atoms with Crippen LogP contribution in [0.1, 0.15) is 88.3 Å². The van der Waals surface area contributed by atoms with Crippen molar-refractivity contribution < 1.29 is 29.0 Å². The van der Waals surface area contributed by atoms with E-state index in [0.717, 1.165) is 37.1 Å². The van der Waals surface area contributed by atoms with Gasteiger partial charge in [-0.15, -0.1) is 11.3 Å². The Labute approximate surface area is 223 Å². The molecule has 10 nitrogen and oxygen atoms in total. The van der Waals surface area contributed by atoms with Gasteiger partial charge in [-0.3, -0.25) is 19.3 Å². The van der Waals surface area contributed by atoms with Gasteiger partial charge in [0.2, 0.25) is 11.8 Å². The highest BCUT2D eigenvalue weighted by Gasteiger charge is 2.37. The lowest BCUT2D eigenvalue weighted by atomic mass is 9.92. The number of amides is 2. The normalized spacial score (nSPS) is 19.5. The van der Waals surface area contributed by atoms with Crippen molar-refractivity contribution in [1.29, 1.82) is 0 Å². The Morgan fingerprint density at radius 1 is 1.27 bits per heavy atom. The molecule has 1 aromatic rings. The van der Waals surface area contributed by atoms with Crippen molar-refractivity contribution in [2.75, 3.05) is 20.6 Å². The van der Waals surface area contributed by atoms with Crippen LogP contribution in [0.2, 0.25) is 0 Å². The van der Waals surface area contributed by atoms with E-state index in [1.54, 1.807) is 11.9 Å². The topological polar surface area (TPSA) is 129 Å². The number of aromatic nitrogens is 1. The average molecular weight is 539 g/mol. The fourth-order valence-corrected chi connectivity index (χ4v) is 5.59. The number of carboxylic acids is 1. The molecule has 1 saturated heterocycles. The minimum absolute atomic E-state index is 0.0105. The molecule has 11 heteroatoms. The Hall–Kier alpha value is -2.53. The summed E-state index contributed by atoms with van der Waals surface area (Å²) in [5.41, 5.74) is -0.116. The number of nitrogens with zero attached hydrogens (tertiary/aromatic N) is 3. The summed E-state index contributed by atoms with van der Waals surface area (Å²) < 4.78 is 5.53. The smallest absolute Gasteiger partial charge is 0.355 e. The maximum atomic E-state index is 13.8. The van der Waals surface area contributed by atoms with Crippen LogP contribution in [0, 0.1) is 11.8 Å². The lowest BCUT2D eigenvalue weighted by Gasteiger charge is -2.38. The number of rotatable bonds is 12. The number of ether oxygens (including phenoxy) is 1. The van der Waals surface area contributed by atoms with Crippen LogP contribution in [0.5, 0.6) is 0 Å². The van der Waals surface area contributed by atoms with Crippen LogP contribution in [0.3, 0.4) is 0 Å². The maximum Gasteiger partial charge on any atom is 0.355 e. The first-order valence-electron chi connectivity index (χ1n) is 13.0. The first-order chi connectivity index (χ1) is 17.4. The monoisotopic (exact) mass is 538 g/mol. The summed E-state index contributed by atoms with van der Waals surface area (Å²) >= 11 is 1.11. The zero-order chi connectivity index (χ0) is 27.9. The van der Waals surface area contributed by atoms with Crippen LogP contribution >= 0.6 is 11.3 Å². The van der Waals surface area contributed by atoms with Gasteiger partial charge in [-0.1, -0.05) is 40.5 Å². The SMILES string of the molecule is CC[C@H](C)[C@H](NC(=O)C1CCCCN1C)C(=O)N(C)[C@H](C[C@@H](OC(C)=O)c1nc(C(=O)O)cs1)C(C)C. The second kappa shape index (κ2) is 13.9. The van der Waals surface area contributed by atoms with Crippen molar-refractivity contribution in [1.82, 2.24) is 20.1 Å². The highest BCUT2D eigenvalue weighted by atomic mass is 32.1. The number of carbonyl (C=O) groups excluding carboxylic acids is 3. The number of thiazole rings is 1. The largest absolute Gasteiger partial charge is 0.476 e. The number of carboxylic acid groups (broad SMARTS) is 1. The van der Waals surface area contributed by atoms with Gasteiger partial charge in [0.25, 0.3) is 0 Å². The van der Waals surface area contributed by atoms with Gasteiger partial charge < -0.3 is 20.1 Å². The van der Waals surface area contributed by atoms with E-state index >= 15 is 0 Å². The second-order valence-electron chi connectivity index (χ2n) is 10.3. The summed E-state index contributed by atoms with van der Waals surface area (Å²) in [6, 6.07) is -1.29. The van der Waals surface area contributed by atoms with Crippen LogP contribution in [-0.2, 0) is 19.1 Å². The zero-order valence-electron chi connectivity index (χ0n) is 23.0. The van der Waals surface area contributed by atoms with Gasteiger partial charge in [-0.25, -0.2) is 9.78 Å². The number of hydrogen-bond donors (Lipinski definition) is 2. The molecule has 2 heterocycles. The molecule has 0 saturated carbocycles. The van der Waals surface area contributed by atoms with E-state index in [9.17, 15) is 24.3 Å². The Morgan fingerprint density at radius 2 is 1.95 bits per heavy atom. The molecular formula is C26H42N4O6S. The molecule has 0 radical (unpaired) electrons. The van der Waals surface area contributed by atoms with E-state index in [4.69, 9.17) is 4.74 Å². The molecule has 0 bridgehead atoms. The lowest BCUT2D eigenvalue weighted by molar-refractivity contribution is -0.149. The minimum Gasteiger partial charge on any atom is -0.476 e. The van der Waals surface area contributed by atoms with E-state index in [1.165, 1.54) is 12.3 Å². The van der Waals surface area contributed by atoms with Crippen LogP contribution in [0.25, 0.3) is 0 Å². The fraction of sp³-hybridized carbons (Fsp3) is 0.731. The van der Waals surface area contributed by atoms with Crippen LogP contribution in [0.15, 0.2) is 5.38 Å². The van der Waals surface area contributed by atoms with E-state index in [1.807, 2.05) is 39.6 Å². The van der Waals surface area contributed by atoms with Crippen molar-refractivity contribution in [3.63, 3.8) is 0 Å². The van der Waals surface area contributed by atoms with Crippen molar-refractivity contribution in [2.45, 2.75) is 91.0 Å². The van der Waals surface area contributed by atoms with Crippen molar-refractivity contribution in [3.05, 3.63) is 16.1 Å². The third-order valence-electron chi connectivity index (χ3n) is 7.24. The van der Waals surface area contributed by atoms with E-state index in [2.05, 4.69) is 10.3 Å². The van der Waals surface area contributed by atoms with E-state index in [0.29, 0.717) is 11.4 Å². The highest BCUT2D eigenvalue weighted by molar-refractivity contribution is 7.09. The van der Waals surface area contributed by atoms with Gasteiger partial charge >= 0.3 is 11.9 Å². The van der Waals surface area contributed by atoms with Crippen molar-refractivity contribution >= 4 is 35.1 Å². The summed E-state index contributed by atoms with van der Waals surface area (Å²) in [7, 11) is 3.64. The number of likely N-dealkylation sites (N-methyl/N-ethyl adjacent to an activating group) is 2. The first-order valence-corrected chi connectivity index (χ1v) is 13.9. The molecule has 0 aliphatic carbocycles. The molecule has 37 heavy (non-hydrogen) atoms. The zero-order valence-corrected chi connectivity index (χ0v) is 23.8. The third kappa shape index (κ3) is 8.23. The number of likely N-dealkylation sites (tertiary alicyclic amines) is 1. The molecule has 1 aliphatic heterocycles. The number of piperidine rings is 1. The molecule has 208 valence electrons. The molecule has 0 spiro atoms. The van der Waals surface area contributed by atoms with Crippen LogP contribution in [0.4, 0.5) is 0 Å². The van der Waals surface area contributed by atoms with Gasteiger partial charge in [-0.05, 0) is 38.3 Å². The molecule has 0 aromatic carbocycles. The number of nitrogens with one attached hydrogen (secondary N) is 1. The molecule has 1 aliphatic rings. The minimum atomic E-state index is -1.16. The summed E-state index contributed by atoms with van der Waals surface area (Å²) in [4.78, 5) is 58.0. The molecule has 2 rings (SSSR count). The van der Waals surface area contributed by atoms with Crippen molar-refractivity contribution in [2.24, 2.45) is 11.8 Å². The lowest BCUT2D eigenvalue weighted by Crippen LogP contribution is -2.58. The second-order valence-corrected chi connectivity index (χ2v) is 11.2. The van der Waals surface area contributed by atoms with Crippen LogP contribution in [-0.4, -0.2) is 82.4 Å². The predicted octanol–water partition coefficient (Wildman–Crippen LogP) is 3.33. The Bertz CT molecular complexity index is 951. The molecule has 2 N–H and O–H groups in total.